The molecule has 4 aromatic heterocycles. The zero-order valence-electron chi connectivity index (χ0n) is 21.6. The number of pyridine rings is 1. The van der Waals surface area contributed by atoms with E-state index in [2.05, 4.69) is 33.2 Å². The molecule has 0 amide bonds. The van der Waals surface area contributed by atoms with Gasteiger partial charge in [0.25, 0.3) is 0 Å². The van der Waals surface area contributed by atoms with Gasteiger partial charge in [-0.15, -0.1) is 54.1 Å². The van der Waals surface area contributed by atoms with E-state index in [0.29, 0.717) is 5.65 Å². The average molecular weight is 708 g/mol. The SMILES string of the molecule is [Ir].[c-]1ccc2c(oc3ccccc32)c1-c1nc2ncncc2n1-c1ccccc1.[c-]1ccccc1-c1ccccn1. The molecule has 4 aromatic carbocycles. The van der Waals surface area contributed by atoms with Crippen molar-refractivity contribution >= 4 is 33.1 Å². The van der Waals surface area contributed by atoms with Crippen LogP contribution in [-0.4, -0.2) is 24.5 Å². The summed E-state index contributed by atoms with van der Waals surface area (Å²) < 4.78 is 8.25. The number of rotatable bonds is 3. The third-order valence-electron chi connectivity index (χ3n) is 6.56. The van der Waals surface area contributed by atoms with Gasteiger partial charge in [0.2, 0.25) is 0 Å². The molecule has 0 bridgehead atoms. The molecule has 7 heteroatoms. The van der Waals surface area contributed by atoms with Crippen molar-refractivity contribution in [3.8, 4) is 28.3 Å². The number of imidazole rings is 1. The van der Waals surface area contributed by atoms with Gasteiger partial charge in [0, 0.05) is 37.4 Å². The summed E-state index contributed by atoms with van der Waals surface area (Å²) in [7, 11) is 0. The Morgan fingerprint density at radius 2 is 1.54 bits per heavy atom. The standard InChI is InChI=1S/C23H13N4O.C11H8N.Ir/c1-2-7-15(8-3-1)27-19-13-24-14-25-22(19)26-23(27)18-11-6-10-17-16-9-4-5-12-20(16)28-21(17)18;1-2-6-10(7-3-1)11-8-4-5-9-12-11;/h1-10,12-14H;1-6,8-9H;/q2*-1;. The summed E-state index contributed by atoms with van der Waals surface area (Å²) in [6.45, 7) is 0. The van der Waals surface area contributed by atoms with E-state index in [4.69, 9.17) is 9.40 Å². The monoisotopic (exact) mass is 708 g/mol. The van der Waals surface area contributed by atoms with Crippen molar-refractivity contribution in [2.45, 2.75) is 0 Å². The van der Waals surface area contributed by atoms with Crippen LogP contribution < -0.4 is 0 Å². The zero-order chi connectivity index (χ0) is 26.7. The predicted octanol–water partition coefficient (Wildman–Crippen LogP) is 7.73. The van der Waals surface area contributed by atoms with E-state index >= 15 is 0 Å². The summed E-state index contributed by atoms with van der Waals surface area (Å²) in [6, 6.07) is 42.2. The first kappa shape index (κ1) is 26.3. The number of hydrogen-bond acceptors (Lipinski definition) is 5. The number of aromatic nitrogens is 5. The molecule has 0 N–H and O–H groups in total. The van der Waals surface area contributed by atoms with Crippen LogP contribution in [0.5, 0.6) is 0 Å². The summed E-state index contributed by atoms with van der Waals surface area (Å²) in [5.74, 6) is 0.728. The van der Waals surface area contributed by atoms with Gasteiger partial charge < -0.3 is 14.0 Å². The van der Waals surface area contributed by atoms with Crippen LogP contribution in [0, 0.1) is 12.1 Å². The summed E-state index contributed by atoms with van der Waals surface area (Å²) in [6.07, 6.45) is 5.08. The molecular weight excluding hydrogens is 687 g/mol. The molecule has 199 valence electrons. The fraction of sp³-hybridized carbons (Fsp3) is 0. The van der Waals surface area contributed by atoms with Crippen LogP contribution >= 0.6 is 0 Å². The van der Waals surface area contributed by atoms with Gasteiger partial charge in [-0.1, -0.05) is 59.5 Å². The van der Waals surface area contributed by atoms with Crippen LogP contribution in [0.25, 0.3) is 61.4 Å². The van der Waals surface area contributed by atoms with Crippen molar-refractivity contribution in [3.63, 3.8) is 0 Å². The van der Waals surface area contributed by atoms with Crippen LogP contribution in [0.2, 0.25) is 0 Å². The minimum absolute atomic E-state index is 0. The molecule has 0 aliphatic carbocycles. The Morgan fingerprint density at radius 3 is 2.37 bits per heavy atom. The molecule has 41 heavy (non-hydrogen) atoms. The van der Waals surface area contributed by atoms with Gasteiger partial charge in [-0.05, 0) is 30.0 Å². The van der Waals surface area contributed by atoms with Crippen molar-refractivity contribution in [2.75, 3.05) is 0 Å². The predicted molar refractivity (Wildman–Crippen MR) is 157 cm³/mol. The van der Waals surface area contributed by atoms with Crippen LogP contribution in [0.3, 0.4) is 0 Å². The molecule has 0 aliphatic rings. The largest absolute Gasteiger partial charge is 0.501 e. The van der Waals surface area contributed by atoms with Crippen LogP contribution in [0.15, 0.2) is 132 Å². The molecule has 4 heterocycles. The summed E-state index contributed by atoms with van der Waals surface area (Å²) in [5.41, 5.74) is 6.88. The van der Waals surface area contributed by atoms with E-state index in [0.717, 1.165) is 55.8 Å². The van der Waals surface area contributed by atoms with Crippen molar-refractivity contribution in [1.82, 2.24) is 24.5 Å². The van der Waals surface area contributed by atoms with Gasteiger partial charge in [0.15, 0.2) is 5.65 Å². The first-order chi connectivity index (χ1) is 19.9. The number of hydrogen-bond donors (Lipinski definition) is 0. The third-order valence-corrected chi connectivity index (χ3v) is 6.56. The van der Waals surface area contributed by atoms with E-state index in [1.54, 1.807) is 12.4 Å². The second kappa shape index (κ2) is 11.6. The Morgan fingerprint density at radius 1 is 0.707 bits per heavy atom. The number of furan rings is 1. The molecule has 0 unspecified atom stereocenters. The van der Waals surface area contributed by atoms with Gasteiger partial charge in [0.05, 0.1) is 17.6 Å². The molecule has 6 nitrogen and oxygen atoms in total. The van der Waals surface area contributed by atoms with Gasteiger partial charge in [-0.2, -0.15) is 0 Å². The fourth-order valence-electron chi connectivity index (χ4n) is 4.76. The molecule has 0 saturated carbocycles. The number of nitrogens with zero attached hydrogens (tertiary/aromatic N) is 5. The molecule has 0 spiro atoms. The quantitative estimate of drug-likeness (QED) is 0.176. The number of para-hydroxylation sites is 2. The maximum Gasteiger partial charge on any atom is 0.171 e. The van der Waals surface area contributed by atoms with Gasteiger partial charge in [-0.3, -0.25) is 4.98 Å². The maximum absolute atomic E-state index is 6.20. The van der Waals surface area contributed by atoms with E-state index in [-0.39, 0.29) is 20.1 Å². The number of benzene rings is 4. The van der Waals surface area contributed by atoms with Gasteiger partial charge >= 0.3 is 0 Å². The van der Waals surface area contributed by atoms with Crippen molar-refractivity contribution in [3.05, 3.63) is 140 Å². The number of fused-ring (bicyclic) bond motifs is 4. The Labute approximate surface area is 249 Å². The van der Waals surface area contributed by atoms with E-state index < -0.39 is 0 Å². The fourth-order valence-corrected chi connectivity index (χ4v) is 4.76. The zero-order valence-corrected chi connectivity index (χ0v) is 24.0. The van der Waals surface area contributed by atoms with Crippen molar-refractivity contribution in [1.29, 1.82) is 0 Å². The summed E-state index contributed by atoms with van der Waals surface area (Å²) >= 11 is 0. The van der Waals surface area contributed by atoms with Crippen molar-refractivity contribution < 1.29 is 24.5 Å². The molecule has 8 aromatic rings. The van der Waals surface area contributed by atoms with E-state index in [1.807, 2.05) is 108 Å². The van der Waals surface area contributed by atoms with E-state index in [9.17, 15) is 0 Å². The Bertz CT molecular complexity index is 2020. The smallest absolute Gasteiger partial charge is 0.171 e. The van der Waals surface area contributed by atoms with Crippen LogP contribution in [0.4, 0.5) is 0 Å². The second-order valence-electron chi connectivity index (χ2n) is 9.02. The van der Waals surface area contributed by atoms with Crippen LogP contribution in [0.1, 0.15) is 0 Å². The van der Waals surface area contributed by atoms with Gasteiger partial charge in [0.1, 0.15) is 17.4 Å². The van der Waals surface area contributed by atoms with Crippen molar-refractivity contribution in [2.24, 2.45) is 0 Å². The second-order valence-corrected chi connectivity index (χ2v) is 9.02. The minimum atomic E-state index is 0. The normalized spacial score (nSPS) is 10.7. The molecule has 0 saturated heterocycles. The van der Waals surface area contributed by atoms with Crippen LogP contribution in [-0.2, 0) is 20.1 Å². The molecule has 0 atom stereocenters. The first-order valence-electron chi connectivity index (χ1n) is 12.8. The molecule has 1 radical (unpaired) electrons. The average Bonchev–Trinajstić information content (AvgIpc) is 3.62. The summed E-state index contributed by atoms with van der Waals surface area (Å²) in [5, 5.41) is 2.12. The Hall–Kier alpha value is -4.97. The minimum Gasteiger partial charge on any atom is -0.501 e. The Balaban J connectivity index is 0.000000196. The van der Waals surface area contributed by atoms with Gasteiger partial charge in [-0.25, -0.2) is 9.97 Å². The first-order valence-corrected chi connectivity index (χ1v) is 12.8. The molecule has 8 rings (SSSR count). The molecular formula is C34H21IrN5O-2. The molecule has 0 aliphatic heterocycles. The maximum atomic E-state index is 6.20. The third kappa shape index (κ3) is 5.05. The van der Waals surface area contributed by atoms with E-state index in [1.165, 1.54) is 6.33 Å². The summed E-state index contributed by atoms with van der Waals surface area (Å²) in [4.78, 5) is 17.6. The Kier molecular flexibility index (Phi) is 7.46. The molecule has 0 fully saturated rings. The topological polar surface area (TPSA) is 69.6 Å².